The number of furan rings is 1. The number of para-hydroxylation sites is 1. The van der Waals surface area contributed by atoms with Gasteiger partial charge >= 0.3 is 5.91 Å². The quantitative estimate of drug-likeness (QED) is 0.293. The molecule has 4 rings (SSSR count). The molecule has 4 aromatic rings. The van der Waals surface area contributed by atoms with Crippen molar-refractivity contribution in [2.75, 3.05) is 0 Å². The summed E-state index contributed by atoms with van der Waals surface area (Å²) < 4.78 is 11.3. The van der Waals surface area contributed by atoms with E-state index in [1.165, 1.54) is 0 Å². The van der Waals surface area contributed by atoms with E-state index < -0.39 is 5.91 Å². The zero-order chi connectivity index (χ0) is 20.9. The topological polar surface area (TPSA) is 63.8 Å². The third-order valence-electron chi connectivity index (χ3n) is 4.30. The van der Waals surface area contributed by atoms with Gasteiger partial charge in [0.2, 0.25) is 0 Å². The number of hydrogen-bond acceptors (Lipinski definition) is 4. The summed E-state index contributed by atoms with van der Waals surface area (Å²) in [4.78, 5) is 12.2. The molecule has 1 aromatic heterocycles. The minimum atomic E-state index is -0.413. The lowest BCUT2D eigenvalue weighted by molar-refractivity contribution is 0.0929. The molecule has 1 amide bonds. The summed E-state index contributed by atoms with van der Waals surface area (Å²) in [6.45, 7) is 0.373. The molecule has 0 radical (unpaired) electrons. The van der Waals surface area contributed by atoms with E-state index in [-0.39, 0.29) is 5.76 Å². The molecule has 0 bridgehead atoms. The molecule has 0 aliphatic carbocycles. The zero-order valence-corrected chi connectivity index (χ0v) is 17.2. The lowest BCUT2D eigenvalue weighted by atomic mass is 10.2. The summed E-state index contributed by atoms with van der Waals surface area (Å²) in [6, 6.07) is 21.8. The SMILES string of the molecule is O=C(N/N=C/c1ccc(OCc2ccc(Cl)c(Cl)c2)cc1)c1cc2ccccc2o1. The Hall–Kier alpha value is -3.28. The first-order valence-corrected chi connectivity index (χ1v) is 9.83. The van der Waals surface area contributed by atoms with E-state index in [1.54, 1.807) is 30.5 Å². The molecule has 0 spiro atoms. The van der Waals surface area contributed by atoms with Gasteiger partial charge in [-0.15, -0.1) is 0 Å². The van der Waals surface area contributed by atoms with E-state index in [0.717, 1.165) is 16.5 Å². The molecule has 0 aliphatic heterocycles. The molecule has 1 N–H and O–H groups in total. The van der Waals surface area contributed by atoms with Gasteiger partial charge in [0.1, 0.15) is 17.9 Å². The highest BCUT2D eigenvalue weighted by atomic mass is 35.5. The molecule has 0 aliphatic rings. The Balaban J connectivity index is 1.31. The number of halogens is 2. The zero-order valence-electron chi connectivity index (χ0n) is 15.6. The second kappa shape index (κ2) is 9.03. The Morgan fingerprint density at radius 3 is 2.57 bits per heavy atom. The van der Waals surface area contributed by atoms with E-state index >= 15 is 0 Å². The van der Waals surface area contributed by atoms with Crippen LogP contribution in [-0.4, -0.2) is 12.1 Å². The maximum absolute atomic E-state index is 12.2. The number of rotatable bonds is 6. The standard InChI is InChI=1S/C23H16Cl2N2O3/c24-19-10-7-16(11-20(19)25)14-29-18-8-5-15(6-9-18)13-26-27-23(28)22-12-17-3-1-2-4-21(17)30-22/h1-13H,14H2,(H,27,28)/b26-13+. The minimum absolute atomic E-state index is 0.208. The van der Waals surface area contributed by atoms with Crippen LogP contribution in [0.25, 0.3) is 11.0 Å². The van der Waals surface area contributed by atoms with Crippen LogP contribution in [0, 0.1) is 0 Å². The van der Waals surface area contributed by atoms with Crippen molar-refractivity contribution >= 4 is 46.3 Å². The van der Waals surface area contributed by atoms with Crippen molar-refractivity contribution in [3.8, 4) is 5.75 Å². The van der Waals surface area contributed by atoms with Crippen LogP contribution in [0.15, 0.2) is 82.3 Å². The van der Waals surface area contributed by atoms with Crippen LogP contribution in [0.1, 0.15) is 21.7 Å². The molecule has 0 unspecified atom stereocenters. The minimum Gasteiger partial charge on any atom is -0.489 e. The van der Waals surface area contributed by atoms with E-state index in [9.17, 15) is 4.79 Å². The van der Waals surface area contributed by atoms with Crippen molar-refractivity contribution in [1.82, 2.24) is 5.43 Å². The number of amides is 1. The number of benzene rings is 3. The molecule has 150 valence electrons. The predicted molar refractivity (Wildman–Crippen MR) is 119 cm³/mol. The Kier molecular flexibility index (Phi) is 6.02. The largest absolute Gasteiger partial charge is 0.489 e. The smallest absolute Gasteiger partial charge is 0.307 e. The first-order valence-electron chi connectivity index (χ1n) is 9.07. The van der Waals surface area contributed by atoms with Crippen molar-refractivity contribution in [2.24, 2.45) is 5.10 Å². The molecule has 1 heterocycles. The fourth-order valence-corrected chi connectivity index (χ4v) is 3.08. The Labute approximate surface area is 182 Å². The summed E-state index contributed by atoms with van der Waals surface area (Å²) in [6.07, 6.45) is 1.54. The normalized spacial score (nSPS) is 11.1. The molecule has 0 saturated carbocycles. The fourth-order valence-electron chi connectivity index (χ4n) is 2.76. The number of nitrogens with zero attached hydrogens (tertiary/aromatic N) is 1. The van der Waals surface area contributed by atoms with Crippen LogP contribution >= 0.6 is 23.2 Å². The van der Waals surface area contributed by atoms with Crippen LogP contribution in [0.3, 0.4) is 0 Å². The average molecular weight is 439 g/mol. The summed E-state index contributed by atoms with van der Waals surface area (Å²) in [5.74, 6) is 0.493. The van der Waals surface area contributed by atoms with Gasteiger partial charge in [-0.05, 0) is 59.7 Å². The highest BCUT2D eigenvalue weighted by Gasteiger charge is 2.10. The van der Waals surface area contributed by atoms with Crippen LogP contribution in [0.5, 0.6) is 5.75 Å². The van der Waals surface area contributed by atoms with Gasteiger partial charge in [0.25, 0.3) is 0 Å². The number of nitrogens with one attached hydrogen (secondary N) is 1. The number of ether oxygens (including phenoxy) is 1. The van der Waals surface area contributed by atoms with Gasteiger partial charge in [-0.1, -0.05) is 47.5 Å². The van der Waals surface area contributed by atoms with Gasteiger partial charge in [0.05, 0.1) is 16.3 Å². The third-order valence-corrected chi connectivity index (χ3v) is 5.04. The van der Waals surface area contributed by atoms with E-state index in [0.29, 0.717) is 28.0 Å². The van der Waals surface area contributed by atoms with Gasteiger partial charge in [0.15, 0.2) is 5.76 Å². The molecule has 0 atom stereocenters. The van der Waals surface area contributed by atoms with Crippen molar-refractivity contribution in [3.05, 3.63) is 99.7 Å². The molecule has 0 fully saturated rings. The second-order valence-electron chi connectivity index (χ2n) is 6.45. The monoisotopic (exact) mass is 438 g/mol. The van der Waals surface area contributed by atoms with Crippen molar-refractivity contribution in [2.45, 2.75) is 6.61 Å². The first-order chi connectivity index (χ1) is 14.6. The maximum atomic E-state index is 12.2. The summed E-state index contributed by atoms with van der Waals surface area (Å²) in [5, 5.41) is 5.85. The summed E-state index contributed by atoms with van der Waals surface area (Å²) >= 11 is 11.9. The van der Waals surface area contributed by atoms with Crippen LogP contribution in [0.4, 0.5) is 0 Å². The van der Waals surface area contributed by atoms with Crippen molar-refractivity contribution in [1.29, 1.82) is 0 Å². The molecule has 0 saturated heterocycles. The van der Waals surface area contributed by atoms with Gasteiger partial charge in [-0.2, -0.15) is 5.10 Å². The van der Waals surface area contributed by atoms with Crippen LogP contribution in [-0.2, 0) is 6.61 Å². The Morgan fingerprint density at radius 2 is 1.80 bits per heavy atom. The molecular weight excluding hydrogens is 423 g/mol. The number of carbonyl (C=O) groups is 1. The maximum Gasteiger partial charge on any atom is 0.307 e. The molecule has 7 heteroatoms. The van der Waals surface area contributed by atoms with Gasteiger partial charge in [-0.3, -0.25) is 4.79 Å². The number of carbonyl (C=O) groups excluding carboxylic acids is 1. The van der Waals surface area contributed by atoms with E-state index in [1.807, 2.05) is 48.5 Å². The van der Waals surface area contributed by atoms with E-state index in [4.69, 9.17) is 32.4 Å². The first kappa shape index (κ1) is 20.0. The Morgan fingerprint density at radius 1 is 1.00 bits per heavy atom. The lowest BCUT2D eigenvalue weighted by Gasteiger charge is -2.07. The Bertz CT molecular complexity index is 1180. The summed E-state index contributed by atoms with van der Waals surface area (Å²) in [7, 11) is 0. The highest BCUT2D eigenvalue weighted by molar-refractivity contribution is 6.42. The van der Waals surface area contributed by atoms with Gasteiger partial charge in [0, 0.05) is 5.39 Å². The van der Waals surface area contributed by atoms with Crippen molar-refractivity contribution < 1.29 is 13.9 Å². The lowest BCUT2D eigenvalue weighted by Crippen LogP contribution is -2.16. The van der Waals surface area contributed by atoms with Gasteiger partial charge < -0.3 is 9.15 Å². The average Bonchev–Trinajstić information content (AvgIpc) is 3.20. The van der Waals surface area contributed by atoms with E-state index in [2.05, 4.69) is 10.5 Å². The highest BCUT2D eigenvalue weighted by Crippen LogP contribution is 2.23. The third kappa shape index (κ3) is 4.82. The second-order valence-corrected chi connectivity index (χ2v) is 7.27. The summed E-state index contributed by atoms with van der Waals surface area (Å²) in [5.41, 5.74) is 4.84. The molecule has 3 aromatic carbocycles. The molecule has 5 nitrogen and oxygen atoms in total. The fraction of sp³-hybridized carbons (Fsp3) is 0.0435. The molecular formula is C23H16Cl2N2O3. The van der Waals surface area contributed by atoms with Crippen LogP contribution < -0.4 is 10.2 Å². The van der Waals surface area contributed by atoms with Crippen LogP contribution in [0.2, 0.25) is 10.0 Å². The van der Waals surface area contributed by atoms with Gasteiger partial charge in [-0.25, -0.2) is 5.43 Å². The van der Waals surface area contributed by atoms with Crippen molar-refractivity contribution in [3.63, 3.8) is 0 Å². The number of fused-ring (bicyclic) bond motifs is 1. The predicted octanol–water partition coefficient (Wildman–Crippen LogP) is 6.08. The number of hydrogen-bond donors (Lipinski definition) is 1. The molecule has 30 heavy (non-hydrogen) atoms. The number of hydrazone groups is 1.